The Balaban J connectivity index is 1.80. The van der Waals surface area contributed by atoms with E-state index >= 15 is 0 Å². The number of nitrogens with one attached hydrogen (secondary N) is 2. The lowest BCUT2D eigenvalue weighted by molar-refractivity contribution is -0.136. The van der Waals surface area contributed by atoms with Crippen molar-refractivity contribution in [2.75, 3.05) is 18.0 Å². The summed E-state index contributed by atoms with van der Waals surface area (Å²) in [5, 5.41) is 5.52. The quantitative estimate of drug-likeness (QED) is 0.739. The van der Waals surface area contributed by atoms with Crippen LogP contribution in [0.2, 0.25) is 0 Å². The number of halogens is 1. The van der Waals surface area contributed by atoms with Crippen molar-refractivity contribution < 1.29 is 18.8 Å². The summed E-state index contributed by atoms with van der Waals surface area (Å²) in [6.45, 7) is 1.34. The molecule has 0 aliphatic carbocycles. The Hall–Kier alpha value is -2.28. The molecule has 1 aromatic carbocycles. The molecule has 1 aromatic rings. The average Bonchev–Trinajstić information content (AvgIpc) is 2.78. The van der Waals surface area contributed by atoms with Gasteiger partial charge >= 0.3 is 0 Å². The summed E-state index contributed by atoms with van der Waals surface area (Å²) in [5.74, 6) is -1.32. The van der Waals surface area contributed by atoms with Crippen LogP contribution in [0, 0.1) is 5.82 Å². The Morgan fingerprint density at radius 1 is 1.17 bits per heavy atom. The van der Waals surface area contributed by atoms with Crippen LogP contribution in [0.25, 0.3) is 0 Å². The largest absolute Gasteiger partial charge is 0.317 e. The number of anilines is 1. The van der Waals surface area contributed by atoms with Crippen molar-refractivity contribution in [3.05, 3.63) is 29.6 Å². The number of carbonyl (C=O) groups is 3. The monoisotopic (exact) mass is 331 g/mol. The Morgan fingerprint density at radius 3 is 2.62 bits per heavy atom. The van der Waals surface area contributed by atoms with Crippen molar-refractivity contribution in [2.24, 2.45) is 0 Å². The molecule has 24 heavy (non-hydrogen) atoms. The van der Waals surface area contributed by atoms with E-state index in [4.69, 9.17) is 0 Å². The van der Waals surface area contributed by atoms with E-state index in [0.717, 1.165) is 0 Å². The fraction of sp³-hybridized carbons (Fsp3) is 0.471. The Labute approximate surface area is 138 Å². The van der Waals surface area contributed by atoms with Crippen molar-refractivity contribution >= 4 is 23.4 Å². The molecule has 7 heteroatoms. The molecule has 1 unspecified atom stereocenters. The van der Waals surface area contributed by atoms with Gasteiger partial charge in [0.25, 0.3) is 0 Å². The van der Waals surface area contributed by atoms with Gasteiger partial charge in [0.1, 0.15) is 11.9 Å². The molecule has 3 heterocycles. The van der Waals surface area contributed by atoms with Gasteiger partial charge < -0.3 is 5.32 Å². The summed E-state index contributed by atoms with van der Waals surface area (Å²) in [4.78, 5) is 38.5. The van der Waals surface area contributed by atoms with Crippen LogP contribution in [0.15, 0.2) is 18.2 Å². The molecule has 0 bridgehead atoms. The summed E-state index contributed by atoms with van der Waals surface area (Å²) in [5.41, 5.74) is 0.487. The van der Waals surface area contributed by atoms with Gasteiger partial charge in [-0.1, -0.05) is 0 Å². The molecule has 0 saturated carbocycles. The fourth-order valence-corrected chi connectivity index (χ4v) is 4.13. The molecule has 3 aliphatic heterocycles. The SMILES string of the molecule is O=C1CCC(N2C(=O)C3(CCNCC3)c3cc(F)ccc32)C(=O)N1. The third-order valence-corrected chi connectivity index (χ3v) is 5.34. The van der Waals surface area contributed by atoms with Gasteiger partial charge in [-0.3, -0.25) is 24.6 Å². The first-order valence-corrected chi connectivity index (χ1v) is 8.21. The van der Waals surface area contributed by atoms with Gasteiger partial charge in [0.15, 0.2) is 0 Å². The summed E-state index contributed by atoms with van der Waals surface area (Å²) >= 11 is 0. The summed E-state index contributed by atoms with van der Waals surface area (Å²) in [6.07, 6.45) is 1.64. The molecule has 4 rings (SSSR count). The Morgan fingerprint density at radius 2 is 1.92 bits per heavy atom. The predicted octanol–water partition coefficient (Wildman–Crippen LogP) is 0.599. The van der Waals surface area contributed by atoms with Gasteiger partial charge in [0.2, 0.25) is 17.7 Å². The maximum atomic E-state index is 13.9. The van der Waals surface area contributed by atoms with Gasteiger partial charge in [-0.15, -0.1) is 0 Å². The lowest BCUT2D eigenvalue weighted by Crippen LogP contribution is -2.56. The van der Waals surface area contributed by atoms with Gasteiger partial charge in [-0.2, -0.15) is 0 Å². The molecule has 0 aromatic heterocycles. The number of benzene rings is 1. The topological polar surface area (TPSA) is 78.5 Å². The number of carbonyl (C=O) groups excluding carboxylic acids is 3. The zero-order chi connectivity index (χ0) is 16.9. The van der Waals surface area contributed by atoms with Crippen LogP contribution in [0.1, 0.15) is 31.2 Å². The minimum atomic E-state index is -0.773. The Kier molecular flexibility index (Phi) is 3.42. The molecule has 3 aliphatic rings. The van der Waals surface area contributed by atoms with E-state index < -0.39 is 17.4 Å². The van der Waals surface area contributed by atoms with E-state index in [1.165, 1.54) is 17.0 Å². The van der Waals surface area contributed by atoms with Crippen molar-refractivity contribution in [2.45, 2.75) is 37.1 Å². The van der Waals surface area contributed by atoms with Crippen molar-refractivity contribution in [3.63, 3.8) is 0 Å². The van der Waals surface area contributed by atoms with E-state index in [1.54, 1.807) is 6.07 Å². The second-order valence-electron chi connectivity index (χ2n) is 6.64. The third-order valence-electron chi connectivity index (χ3n) is 5.34. The van der Waals surface area contributed by atoms with Crippen LogP contribution < -0.4 is 15.5 Å². The summed E-state index contributed by atoms with van der Waals surface area (Å²) < 4.78 is 13.9. The average molecular weight is 331 g/mol. The number of rotatable bonds is 1. The number of imide groups is 1. The first-order chi connectivity index (χ1) is 11.5. The molecule has 1 spiro atoms. The summed E-state index contributed by atoms with van der Waals surface area (Å²) in [6, 6.07) is 3.59. The highest BCUT2D eigenvalue weighted by atomic mass is 19.1. The maximum Gasteiger partial charge on any atom is 0.249 e. The molecule has 2 N–H and O–H groups in total. The van der Waals surface area contributed by atoms with Crippen LogP contribution in [-0.2, 0) is 19.8 Å². The van der Waals surface area contributed by atoms with Crippen molar-refractivity contribution in [1.29, 1.82) is 0 Å². The third kappa shape index (κ3) is 2.07. The number of fused-ring (bicyclic) bond motifs is 2. The molecule has 3 amide bonds. The first-order valence-electron chi connectivity index (χ1n) is 8.21. The van der Waals surface area contributed by atoms with Crippen LogP contribution in [0.4, 0.5) is 10.1 Å². The van der Waals surface area contributed by atoms with E-state index in [-0.39, 0.29) is 24.1 Å². The summed E-state index contributed by atoms with van der Waals surface area (Å²) in [7, 11) is 0. The molecular formula is C17H18FN3O3. The zero-order valence-corrected chi connectivity index (χ0v) is 13.1. The highest BCUT2D eigenvalue weighted by Gasteiger charge is 2.54. The standard InChI is InChI=1S/C17H18FN3O3/c18-10-1-2-12-11(9-10)17(5-7-19-8-6-17)16(24)21(12)13-3-4-14(22)20-15(13)23/h1-2,9,13,19H,3-8H2,(H,20,22,23). The van der Waals surface area contributed by atoms with E-state index in [9.17, 15) is 18.8 Å². The minimum absolute atomic E-state index is 0.154. The molecule has 2 fully saturated rings. The highest BCUT2D eigenvalue weighted by molar-refractivity contribution is 6.14. The smallest absolute Gasteiger partial charge is 0.249 e. The first kappa shape index (κ1) is 15.3. The van der Waals surface area contributed by atoms with Gasteiger partial charge in [-0.05, 0) is 56.1 Å². The van der Waals surface area contributed by atoms with Crippen LogP contribution >= 0.6 is 0 Å². The number of nitrogens with zero attached hydrogens (tertiary/aromatic N) is 1. The number of hydrogen-bond acceptors (Lipinski definition) is 4. The number of amides is 3. The minimum Gasteiger partial charge on any atom is -0.317 e. The fourth-order valence-electron chi connectivity index (χ4n) is 4.13. The molecule has 6 nitrogen and oxygen atoms in total. The van der Waals surface area contributed by atoms with Crippen LogP contribution in [0.3, 0.4) is 0 Å². The van der Waals surface area contributed by atoms with Gasteiger partial charge in [0, 0.05) is 12.1 Å². The predicted molar refractivity (Wildman–Crippen MR) is 83.8 cm³/mol. The Bertz CT molecular complexity index is 743. The zero-order valence-electron chi connectivity index (χ0n) is 13.1. The van der Waals surface area contributed by atoms with Crippen molar-refractivity contribution in [3.8, 4) is 0 Å². The second kappa shape index (κ2) is 5.37. The van der Waals surface area contributed by atoms with Gasteiger partial charge in [-0.25, -0.2) is 4.39 Å². The molecule has 1 atom stereocenters. The van der Waals surface area contributed by atoms with E-state index in [0.29, 0.717) is 43.6 Å². The van der Waals surface area contributed by atoms with Gasteiger partial charge in [0.05, 0.1) is 5.41 Å². The molecular weight excluding hydrogens is 313 g/mol. The second-order valence-corrected chi connectivity index (χ2v) is 6.64. The van der Waals surface area contributed by atoms with Crippen LogP contribution in [0.5, 0.6) is 0 Å². The highest BCUT2D eigenvalue weighted by Crippen LogP contribution is 2.48. The van der Waals surface area contributed by atoms with Crippen LogP contribution in [-0.4, -0.2) is 36.9 Å². The van der Waals surface area contributed by atoms with Crippen molar-refractivity contribution in [1.82, 2.24) is 10.6 Å². The normalized spacial score (nSPS) is 25.8. The number of hydrogen-bond donors (Lipinski definition) is 2. The maximum absolute atomic E-state index is 13.9. The number of piperidine rings is 2. The lowest BCUT2D eigenvalue weighted by Gasteiger charge is -2.35. The molecule has 2 saturated heterocycles. The van der Waals surface area contributed by atoms with E-state index in [2.05, 4.69) is 10.6 Å². The molecule has 126 valence electrons. The van der Waals surface area contributed by atoms with E-state index in [1.807, 2.05) is 0 Å². The lowest BCUT2D eigenvalue weighted by atomic mass is 9.74. The molecule has 0 radical (unpaired) electrons.